The minimum absolute atomic E-state index is 0.0478. The summed E-state index contributed by atoms with van der Waals surface area (Å²) in [4.78, 5) is 28.1. The summed E-state index contributed by atoms with van der Waals surface area (Å²) in [5, 5.41) is 17.1. The molecule has 0 unspecified atom stereocenters. The molecule has 3 fully saturated rings. The number of fused-ring (bicyclic) bond motifs is 1. The number of methoxy groups -OCH3 is 1. The van der Waals surface area contributed by atoms with Crippen molar-refractivity contribution >= 4 is 22.7 Å². The van der Waals surface area contributed by atoms with E-state index in [0.717, 1.165) is 50.8 Å². The van der Waals surface area contributed by atoms with Crippen LogP contribution in [0.1, 0.15) is 71.8 Å². The second kappa shape index (κ2) is 12.8. The van der Waals surface area contributed by atoms with Gasteiger partial charge in [-0.3, -0.25) is 14.8 Å². The molecule has 1 aliphatic carbocycles. The average Bonchev–Trinajstić information content (AvgIpc) is 3.37. The van der Waals surface area contributed by atoms with Crippen molar-refractivity contribution in [3.63, 3.8) is 0 Å². The first kappa shape index (κ1) is 30.5. The van der Waals surface area contributed by atoms with E-state index in [1.807, 2.05) is 36.5 Å². The second-order valence-corrected chi connectivity index (χ2v) is 13.3. The summed E-state index contributed by atoms with van der Waals surface area (Å²) in [6.07, 6.45) is 12.1. The van der Waals surface area contributed by atoms with Gasteiger partial charge in [0.15, 0.2) is 5.75 Å². The minimum Gasteiger partial charge on any atom is -0.484 e. The van der Waals surface area contributed by atoms with Gasteiger partial charge in [0.1, 0.15) is 12.2 Å². The van der Waals surface area contributed by atoms with Gasteiger partial charge in [-0.25, -0.2) is 4.79 Å². The smallest absolute Gasteiger partial charge is 0.410 e. The number of benzene rings is 1. The number of aromatic nitrogens is 2. The zero-order chi connectivity index (χ0) is 29.9. The van der Waals surface area contributed by atoms with Gasteiger partial charge in [0.05, 0.1) is 23.1 Å². The maximum Gasteiger partial charge on any atom is 0.410 e. The maximum atomic E-state index is 12.5. The Bertz CT molecular complexity index is 1230. The minimum atomic E-state index is -0.460. The molecule has 42 heavy (non-hydrogen) atoms. The normalized spacial score (nSPS) is 20.7. The van der Waals surface area contributed by atoms with Gasteiger partial charge in [-0.05, 0) is 83.5 Å². The van der Waals surface area contributed by atoms with Crippen LogP contribution in [0.25, 0.3) is 10.9 Å². The van der Waals surface area contributed by atoms with Gasteiger partial charge in [-0.2, -0.15) is 5.10 Å². The molecule has 11 heteroatoms. The van der Waals surface area contributed by atoms with Crippen LogP contribution in [-0.2, 0) is 9.47 Å². The molecule has 231 valence electrons. The van der Waals surface area contributed by atoms with Crippen molar-refractivity contribution in [3.05, 3.63) is 34.9 Å². The largest absolute Gasteiger partial charge is 0.484 e. The molecule has 3 heterocycles. The molecule has 1 aromatic carbocycles. The van der Waals surface area contributed by atoms with Crippen LogP contribution in [-0.4, -0.2) is 89.2 Å². The summed E-state index contributed by atoms with van der Waals surface area (Å²) in [5.74, 6) is 0.943. The van der Waals surface area contributed by atoms with Crippen LogP contribution >= 0.6 is 0 Å². The molecule has 1 amide bonds. The molecule has 1 aromatic heterocycles. The van der Waals surface area contributed by atoms with Gasteiger partial charge in [0.2, 0.25) is 0 Å². The van der Waals surface area contributed by atoms with Gasteiger partial charge in [-0.15, -0.1) is 0 Å². The highest BCUT2D eigenvalue weighted by molar-refractivity contribution is 5.83. The van der Waals surface area contributed by atoms with Crippen LogP contribution in [0.5, 0.6) is 5.75 Å². The third-order valence-corrected chi connectivity index (χ3v) is 9.17. The van der Waals surface area contributed by atoms with E-state index in [9.17, 15) is 14.9 Å². The van der Waals surface area contributed by atoms with E-state index in [0.29, 0.717) is 24.6 Å². The molecule has 2 aliphatic heterocycles. The SMILES string of the molecule is COCCOc1cc2nn(C3CCN(CC4CCC5([CH]CN(C(=O)OC(C)(C)C)CC5)CC4)CC3)cc2cc1[N+](=O)[O-]. The molecule has 0 N–H and O–H groups in total. The fourth-order valence-corrected chi connectivity index (χ4v) is 6.71. The highest BCUT2D eigenvalue weighted by Gasteiger charge is 2.40. The Morgan fingerprint density at radius 3 is 2.45 bits per heavy atom. The predicted molar refractivity (Wildman–Crippen MR) is 160 cm³/mol. The van der Waals surface area contributed by atoms with Crippen LogP contribution in [0.4, 0.5) is 10.5 Å². The van der Waals surface area contributed by atoms with Crippen LogP contribution < -0.4 is 4.74 Å². The summed E-state index contributed by atoms with van der Waals surface area (Å²) in [6, 6.07) is 3.51. The lowest BCUT2D eigenvalue weighted by atomic mass is 9.65. The molecule has 5 rings (SSSR count). The van der Waals surface area contributed by atoms with E-state index in [1.54, 1.807) is 19.2 Å². The lowest BCUT2D eigenvalue weighted by molar-refractivity contribution is -0.385. The van der Waals surface area contributed by atoms with Gasteiger partial charge < -0.3 is 24.0 Å². The molecule has 11 nitrogen and oxygen atoms in total. The van der Waals surface area contributed by atoms with Crippen LogP contribution in [0.15, 0.2) is 18.3 Å². The number of likely N-dealkylation sites (tertiary alicyclic amines) is 2. The molecule has 2 saturated heterocycles. The fraction of sp³-hybridized carbons (Fsp3) is 0.710. The third kappa shape index (κ3) is 7.34. The molecule has 0 atom stereocenters. The van der Waals surface area contributed by atoms with E-state index in [4.69, 9.17) is 19.3 Å². The first-order valence-electron chi connectivity index (χ1n) is 15.4. The van der Waals surface area contributed by atoms with Gasteiger partial charge >= 0.3 is 11.8 Å². The fourth-order valence-electron chi connectivity index (χ4n) is 6.71. The number of carbonyl (C=O) groups is 1. The molecular formula is C31H46N5O6. The third-order valence-electron chi connectivity index (χ3n) is 9.17. The first-order valence-corrected chi connectivity index (χ1v) is 15.4. The van der Waals surface area contributed by atoms with Crippen molar-refractivity contribution in [3.8, 4) is 5.75 Å². The van der Waals surface area contributed by atoms with E-state index in [-0.39, 0.29) is 35.6 Å². The number of rotatable bonds is 8. The Balaban J connectivity index is 1.09. The zero-order valence-electron chi connectivity index (χ0n) is 25.5. The van der Waals surface area contributed by atoms with Gasteiger partial charge in [0, 0.05) is 63.5 Å². The number of nitrogens with zero attached hydrogens (tertiary/aromatic N) is 5. The standard InChI is InChI=1S/C31H46N5O6/c1-30(2,3)42-29(37)34-15-11-31(12-16-34)9-5-23(6-10-31)21-33-13-7-25(8-14-33)35-22-24-19-27(36(38)39)28(20-26(24)32-35)41-18-17-40-4/h11,19-20,22-23,25H,5-10,12-18,21H2,1-4H3. The zero-order valence-corrected chi connectivity index (χ0v) is 25.5. The summed E-state index contributed by atoms with van der Waals surface area (Å²) in [6.45, 7) is 11.0. The van der Waals surface area contributed by atoms with E-state index >= 15 is 0 Å². The van der Waals surface area contributed by atoms with Crippen LogP contribution in [0, 0.1) is 27.9 Å². The first-order chi connectivity index (χ1) is 20.0. The van der Waals surface area contributed by atoms with Gasteiger partial charge in [0.25, 0.3) is 0 Å². The van der Waals surface area contributed by atoms with Crippen molar-refractivity contribution in [2.45, 2.75) is 77.4 Å². The maximum absolute atomic E-state index is 12.5. The monoisotopic (exact) mass is 584 g/mol. The Kier molecular flexibility index (Phi) is 9.27. The molecule has 1 radical (unpaired) electrons. The van der Waals surface area contributed by atoms with Crippen molar-refractivity contribution in [1.29, 1.82) is 0 Å². The number of nitro groups is 1. The molecule has 2 aromatic rings. The summed E-state index contributed by atoms with van der Waals surface area (Å²) < 4.78 is 18.2. The molecule has 1 saturated carbocycles. The lowest BCUT2D eigenvalue weighted by Crippen LogP contribution is -2.47. The number of carbonyl (C=O) groups excluding carboxylic acids is 1. The van der Waals surface area contributed by atoms with Crippen molar-refractivity contribution < 1.29 is 23.9 Å². The number of nitro benzene ring substituents is 1. The molecule has 0 bridgehead atoms. The topological polar surface area (TPSA) is 112 Å². The highest BCUT2D eigenvalue weighted by Crippen LogP contribution is 2.46. The Hall–Kier alpha value is -2.92. The Labute approximate surface area is 248 Å². The lowest BCUT2D eigenvalue weighted by Gasteiger charge is -2.46. The average molecular weight is 585 g/mol. The molecular weight excluding hydrogens is 538 g/mol. The van der Waals surface area contributed by atoms with E-state index in [2.05, 4.69) is 11.3 Å². The second-order valence-electron chi connectivity index (χ2n) is 13.3. The summed E-state index contributed by atoms with van der Waals surface area (Å²) in [5.41, 5.74) is 0.472. The number of ether oxygens (including phenoxy) is 3. The van der Waals surface area contributed by atoms with Gasteiger partial charge in [-0.1, -0.05) is 0 Å². The summed E-state index contributed by atoms with van der Waals surface area (Å²) >= 11 is 0. The number of hydrogen-bond donors (Lipinski definition) is 0. The molecule has 3 aliphatic rings. The van der Waals surface area contributed by atoms with E-state index < -0.39 is 10.5 Å². The Morgan fingerprint density at radius 1 is 1.10 bits per heavy atom. The van der Waals surface area contributed by atoms with Crippen LogP contribution in [0.2, 0.25) is 0 Å². The quantitative estimate of drug-likeness (QED) is 0.223. The number of amides is 1. The van der Waals surface area contributed by atoms with Crippen molar-refractivity contribution in [1.82, 2.24) is 19.6 Å². The molecule has 1 spiro atoms. The van der Waals surface area contributed by atoms with E-state index in [1.165, 1.54) is 25.7 Å². The summed E-state index contributed by atoms with van der Waals surface area (Å²) in [7, 11) is 1.57. The Morgan fingerprint density at radius 2 is 1.83 bits per heavy atom. The van der Waals surface area contributed by atoms with Crippen LogP contribution in [0.3, 0.4) is 0 Å². The van der Waals surface area contributed by atoms with Crippen molar-refractivity contribution in [2.75, 3.05) is 53.0 Å². The number of hydrogen-bond acceptors (Lipinski definition) is 8. The predicted octanol–water partition coefficient (Wildman–Crippen LogP) is 5.63. The number of piperidine rings is 2. The van der Waals surface area contributed by atoms with Crippen molar-refractivity contribution in [2.24, 2.45) is 11.3 Å². The highest BCUT2D eigenvalue weighted by atomic mass is 16.6.